The summed E-state index contributed by atoms with van der Waals surface area (Å²) >= 11 is 0. The van der Waals surface area contributed by atoms with Gasteiger partial charge in [-0.15, -0.1) is 0 Å². The van der Waals surface area contributed by atoms with Crippen molar-refractivity contribution in [1.82, 2.24) is 0 Å². The van der Waals surface area contributed by atoms with Crippen LogP contribution in [0.4, 0.5) is 24.5 Å². The molecule has 0 saturated heterocycles. The molecule has 0 atom stereocenters. The molecule has 0 fully saturated rings. The Morgan fingerprint density at radius 3 is 2.37 bits per heavy atom. The molecule has 1 amide bonds. The van der Waals surface area contributed by atoms with Gasteiger partial charge in [0.05, 0.1) is 5.56 Å². The first-order valence-electron chi connectivity index (χ1n) is 7.67. The minimum Gasteiger partial charge on any atom is -0.360 e. The summed E-state index contributed by atoms with van der Waals surface area (Å²) in [5, 5.41) is 14.1. The van der Waals surface area contributed by atoms with Crippen LogP contribution in [0.2, 0.25) is 0 Å². The van der Waals surface area contributed by atoms with Gasteiger partial charge in [0.25, 0.3) is 5.91 Å². The minimum atomic E-state index is -4.54. The second kappa shape index (κ2) is 8.19. The molecule has 138 valence electrons. The molecule has 2 rings (SSSR count). The fourth-order valence-corrected chi connectivity index (χ4v) is 2.10. The second-order valence-corrected chi connectivity index (χ2v) is 5.48. The molecule has 0 aliphatic rings. The van der Waals surface area contributed by atoms with Crippen LogP contribution >= 0.6 is 0 Å². The highest BCUT2D eigenvalue weighted by molar-refractivity contribution is 6.06. The zero-order valence-electron chi connectivity index (χ0n) is 14.1. The second-order valence-electron chi connectivity index (χ2n) is 5.48. The first-order chi connectivity index (χ1) is 12.7. The van der Waals surface area contributed by atoms with Gasteiger partial charge in [0.15, 0.2) is 5.78 Å². The van der Waals surface area contributed by atoms with E-state index in [1.54, 1.807) is 30.3 Å². The number of ketones is 1. The number of nitrogens with zero attached hydrogens (tertiary/aromatic N) is 1. The van der Waals surface area contributed by atoms with Crippen LogP contribution in [0.5, 0.6) is 0 Å². The largest absolute Gasteiger partial charge is 0.416 e. The zero-order chi connectivity index (χ0) is 20.0. The summed E-state index contributed by atoms with van der Waals surface area (Å²) in [6.07, 6.45) is -3.43. The predicted octanol–water partition coefficient (Wildman–Crippen LogP) is 4.37. The van der Waals surface area contributed by atoms with Gasteiger partial charge in [0, 0.05) is 23.1 Å². The van der Waals surface area contributed by atoms with E-state index in [1.807, 2.05) is 0 Å². The Morgan fingerprint density at radius 1 is 1.07 bits per heavy atom. The van der Waals surface area contributed by atoms with E-state index < -0.39 is 17.6 Å². The van der Waals surface area contributed by atoms with Crippen molar-refractivity contribution < 1.29 is 22.8 Å². The quantitative estimate of drug-likeness (QED) is 0.463. The third-order valence-electron chi connectivity index (χ3n) is 3.47. The average molecular weight is 373 g/mol. The first-order valence-corrected chi connectivity index (χ1v) is 7.67. The van der Waals surface area contributed by atoms with E-state index in [0.29, 0.717) is 11.3 Å². The Kier molecular flexibility index (Phi) is 5.98. The predicted molar refractivity (Wildman–Crippen MR) is 93.8 cm³/mol. The normalized spacial score (nSPS) is 11.4. The fraction of sp³-hybridized carbons (Fsp3) is 0.105. The Labute approximate surface area is 153 Å². The maximum atomic E-state index is 12.7. The summed E-state index contributed by atoms with van der Waals surface area (Å²) in [5.74, 6) is -1.02. The van der Waals surface area contributed by atoms with E-state index in [-0.39, 0.29) is 17.0 Å². The van der Waals surface area contributed by atoms with Gasteiger partial charge >= 0.3 is 6.18 Å². The smallest absolute Gasteiger partial charge is 0.360 e. The van der Waals surface area contributed by atoms with Crippen molar-refractivity contribution in [1.29, 1.82) is 5.26 Å². The Balaban J connectivity index is 2.14. The molecule has 0 aliphatic carbocycles. The molecular weight excluding hydrogens is 359 g/mol. The number of hydrogen-bond acceptors (Lipinski definition) is 4. The molecule has 2 aromatic carbocycles. The van der Waals surface area contributed by atoms with Gasteiger partial charge in [-0.05, 0) is 37.3 Å². The fourth-order valence-electron chi connectivity index (χ4n) is 2.10. The molecule has 0 heterocycles. The minimum absolute atomic E-state index is 0.0884. The van der Waals surface area contributed by atoms with Crippen LogP contribution in [-0.2, 0) is 11.0 Å². The summed E-state index contributed by atoms with van der Waals surface area (Å²) in [6, 6.07) is 12.2. The summed E-state index contributed by atoms with van der Waals surface area (Å²) in [4.78, 5) is 23.5. The maximum Gasteiger partial charge on any atom is 0.416 e. The molecule has 27 heavy (non-hydrogen) atoms. The number of hydrogen-bond donors (Lipinski definition) is 2. The van der Waals surface area contributed by atoms with Crippen molar-refractivity contribution in [3.8, 4) is 6.07 Å². The number of alkyl halides is 3. The number of benzene rings is 2. The van der Waals surface area contributed by atoms with Crippen molar-refractivity contribution in [3.05, 3.63) is 71.4 Å². The Morgan fingerprint density at radius 2 is 1.74 bits per heavy atom. The highest BCUT2D eigenvalue weighted by atomic mass is 19.4. The monoisotopic (exact) mass is 373 g/mol. The lowest BCUT2D eigenvalue weighted by Crippen LogP contribution is -2.15. The first kappa shape index (κ1) is 19.7. The molecule has 2 aromatic rings. The summed E-state index contributed by atoms with van der Waals surface area (Å²) < 4.78 is 38.2. The van der Waals surface area contributed by atoms with Crippen LogP contribution in [0.1, 0.15) is 22.8 Å². The number of rotatable bonds is 5. The topological polar surface area (TPSA) is 82.0 Å². The van der Waals surface area contributed by atoms with Gasteiger partial charge in [-0.2, -0.15) is 18.4 Å². The molecular formula is C19H14F3N3O2. The van der Waals surface area contributed by atoms with Crippen molar-refractivity contribution >= 4 is 23.1 Å². The van der Waals surface area contributed by atoms with Gasteiger partial charge in [0.1, 0.15) is 11.6 Å². The number of amides is 1. The molecule has 0 bridgehead atoms. The van der Waals surface area contributed by atoms with Gasteiger partial charge in [-0.25, -0.2) is 0 Å². The van der Waals surface area contributed by atoms with E-state index in [1.165, 1.54) is 13.0 Å². The van der Waals surface area contributed by atoms with E-state index in [9.17, 15) is 22.8 Å². The molecule has 0 spiro atoms. The molecule has 0 unspecified atom stereocenters. The van der Waals surface area contributed by atoms with Gasteiger partial charge in [-0.3, -0.25) is 9.59 Å². The van der Waals surface area contributed by atoms with Crippen molar-refractivity contribution in [3.63, 3.8) is 0 Å². The number of halogens is 3. The lowest BCUT2D eigenvalue weighted by Gasteiger charge is -2.09. The van der Waals surface area contributed by atoms with Crippen LogP contribution in [0.3, 0.4) is 0 Å². The van der Waals surface area contributed by atoms with Crippen molar-refractivity contribution in [2.45, 2.75) is 13.1 Å². The van der Waals surface area contributed by atoms with Crippen LogP contribution in [0.25, 0.3) is 0 Å². The number of Topliss-reactive ketones (excluding diaryl/α,β-unsaturated/α-hetero) is 1. The summed E-state index contributed by atoms with van der Waals surface area (Å²) in [5.41, 5.74) is -0.431. The SMILES string of the molecule is CC(=O)c1cccc(N/C=C(/C#N)C(=O)Nc2cccc(C(F)(F)F)c2)c1. The average Bonchev–Trinajstić information content (AvgIpc) is 2.62. The molecule has 8 heteroatoms. The van der Waals surface area contributed by atoms with Crippen LogP contribution in [-0.4, -0.2) is 11.7 Å². The molecule has 0 radical (unpaired) electrons. The van der Waals surface area contributed by atoms with Crippen molar-refractivity contribution in [2.75, 3.05) is 10.6 Å². The van der Waals surface area contributed by atoms with Crippen LogP contribution in [0.15, 0.2) is 60.3 Å². The standard InChI is InChI=1S/C19H14F3N3O2/c1-12(26)13-4-2-6-16(8-13)24-11-14(10-23)18(27)25-17-7-3-5-15(9-17)19(20,21)22/h2-9,11,24H,1H3,(H,25,27)/b14-11-. The van der Waals surface area contributed by atoms with Gasteiger partial charge in [-0.1, -0.05) is 18.2 Å². The highest BCUT2D eigenvalue weighted by Gasteiger charge is 2.30. The van der Waals surface area contributed by atoms with E-state index in [4.69, 9.17) is 5.26 Å². The summed E-state index contributed by atoms with van der Waals surface area (Å²) in [7, 11) is 0. The molecule has 0 aromatic heterocycles. The highest BCUT2D eigenvalue weighted by Crippen LogP contribution is 2.30. The number of carbonyl (C=O) groups excluding carboxylic acids is 2. The lowest BCUT2D eigenvalue weighted by atomic mass is 10.1. The van der Waals surface area contributed by atoms with Crippen molar-refractivity contribution in [2.24, 2.45) is 0 Å². The molecule has 0 saturated carbocycles. The molecule has 5 nitrogen and oxygen atoms in total. The molecule has 2 N–H and O–H groups in total. The van der Waals surface area contributed by atoms with E-state index in [0.717, 1.165) is 24.4 Å². The summed E-state index contributed by atoms with van der Waals surface area (Å²) in [6.45, 7) is 1.40. The number of carbonyl (C=O) groups is 2. The number of anilines is 2. The van der Waals surface area contributed by atoms with E-state index >= 15 is 0 Å². The number of nitriles is 1. The Hall–Kier alpha value is -3.60. The van der Waals surface area contributed by atoms with E-state index in [2.05, 4.69) is 10.6 Å². The van der Waals surface area contributed by atoms with Crippen LogP contribution in [0, 0.1) is 11.3 Å². The van der Waals surface area contributed by atoms with Gasteiger partial charge < -0.3 is 10.6 Å². The third kappa shape index (κ3) is 5.44. The zero-order valence-corrected chi connectivity index (χ0v) is 14.1. The maximum absolute atomic E-state index is 12.7. The molecule has 0 aliphatic heterocycles. The lowest BCUT2D eigenvalue weighted by molar-refractivity contribution is -0.137. The third-order valence-corrected chi connectivity index (χ3v) is 3.47. The Bertz CT molecular complexity index is 944. The number of nitrogens with one attached hydrogen (secondary N) is 2. The van der Waals surface area contributed by atoms with Gasteiger partial charge in [0.2, 0.25) is 0 Å². The van der Waals surface area contributed by atoms with Crippen LogP contribution < -0.4 is 10.6 Å².